The molecule has 1 aliphatic heterocycles. The summed E-state index contributed by atoms with van der Waals surface area (Å²) in [5.41, 5.74) is 1.44. The van der Waals surface area contributed by atoms with E-state index in [1.807, 2.05) is 10.6 Å². The van der Waals surface area contributed by atoms with Crippen LogP contribution in [0.5, 0.6) is 0 Å². The Balaban J connectivity index is 1.82. The van der Waals surface area contributed by atoms with Gasteiger partial charge < -0.3 is 14.8 Å². The quantitative estimate of drug-likeness (QED) is 0.887. The normalized spacial score (nSPS) is 13.1. The van der Waals surface area contributed by atoms with Gasteiger partial charge >= 0.3 is 0 Å². The Morgan fingerprint density at radius 2 is 2.17 bits per heavy atom. The smallest absolute Gasteiger partial charge is 0.269 e. The minimum atomic E-state index is -0.190. The Hall–Kier alpha value is -3.14. The molecule has 0 saturated carbocycles. The molecule has 2 heterocycles. The monoisotopic (exact) mass is 309 g/mol. The van der Waals surface area contributed by atoms with E-state index in [1.165, 1.54) is 6.20 Å². The van der Waals surface area contributed by atoms with Crippen LogP contribution in [0.1, 0.15) is 32.2 Å². The predicted molar refractivity (Wildman–Crippen MR) is 81.5 cm³/mol. The van der Waals surface area contributed by atoms with Crippen LogP contribution in [-0.4, -0.2) is 39.9 Å². The molecule has 0 aliphatic carbocycles. The molecule has 23 heavy (non-hydrogen) atoms. The summed E-state index contributed by atoms with van der Waals surface area (Å²) >= 11 is 0. The molecule has 0 radical (unpaired) electrons. The summed E-state index contributed by atoms with van der Waals surface area (Å²) in [5.74, 6) is 0.350. The van der Waals surface area contributed by atoms with Gasteiger partial charge in [-0.2, -0.15) is 5.26 Å². The van der Waals surface area contributed by atoms with E-state index in [4.69, 9.17) is 5.26 Å². The van der Waals surface area contributed by atoms with Crippen molar-refractivity contribution in [3.8, 4) is 6.07 Å². The van der Waals surface area contributed by atoms with Crippen LogP contribution in [0, 0.1) is 11.3 Å². The summed E-state index contributed by atoms with van der Waals surface area (Å²) in [6, 6.07) is 8.67. The number of benzene rings is 1. The van der Waals surface area contributed by atoms with Crippen molar-refractivity contribution in [2.45, 2.75) is 13.1 Å². The van der Waals surface area contributed by atoms with E-state index in [-0.39, 0.29) is 11.8 Å². The van der Waals surface area contributed by atoms with Crippen molar-refractivity contribution in [2.75, 3.05) is 13.6 Å². The van der Waals surface area contributed by atoms with Crippen molar-refractivity contribution < 1.29 is 9.59 Å². The summed E-state index contributed by atoms with van der Waals surface area (Å²) in [5, 5.41) is 11.5. The standard InChI is InChI=1S/C16H15N5O2/c1-18-15(22)13-9-19-14-10-20(5-6-21(13)14)16(23)12-4-2-3-11(7-12)8-17/h2-4,7,9H,5-6,10H2,1H3,(H,18,22). The molecule has 0 fully saturated rings. The molecule has 0 unspecified atom stereocenters. The second-order valence-corrected chi connectivity index (χ2v) is 5.21. The molecule has 1 aromatic heterocycles. The zero-order valence-corrected chi connectivity index (χ0v) is 12.6. The summed E-state index contributed by atoms with van der Waals surface area (Å²) in [6.45, 7) is 1.34. The van der Waals surface area contributed by atoms with Crippen molar-refractivity contribution in [3.63, 3.8) is 0 Å². The molecule has 3 rings (SSSR count). The number of hydrogen-bond acceptors (Lipinski definition) is 4. The Morgan fingerprint density at radius 3 is 2.91 bits per heavy atom. The van der Waals surface area contributed by atoms with Gasteiger partial charge in [0.2, 0.25) is 0 Å². The molecule has 7 nitrogen and oxygen atoms in total. The molecule has 2 amide bonds. The van der Waals surface area contributed by atoms with Gasteiger partial charge in [0.05, 0.1) is 24.4 Å². The molecule has 116 valence electrons. The van der Waals surface area contributed by atoms with Gasteiger partial charge in [0.25, 0.3) is 11.8 Å². The van der Waals surface area contributed by atoms with Crippen LogP contribution in [0.2, 0.25) is 0 Å². The van der Waals surface area contributed by atoms with Gasteiger partial charge in [0, 0.05) is 25.7 Å². The highest BCUT2D eigenvalue weighted by Crippen LogP contribution is 2.17. The summed E-state index contributed by atoms with van der Waals surface area (Å²) < 4.78 is 1.83. The fourth-order valence-corrected chi connectivity index (χ4v) is 2.65. The predicted octanol–water partition coefficient (Wildman–Crippen LogP) is 0.770. The lowest BCUT2D eigenvalue weighted by molar-refractivity contribution is 0.0706. The molecule has 2 aromatic rings. The first kappa shape index (κ1) is 14.8. The van der Waals surface area contributed by atoms with E-state index in [0.29, 0.717) is 42.3 Å². The number of imidazole rings is 1. The fourth-order valence-electron chi connectivity index (χ4n) is 2.65. The zero-order valence-electron chi connectivity index (χ0n) is 12.6. The number of nitrogens with zero attached hydrogens (tertiary/aromatic N) is 4. The van der Waals surface area contributed by atoms with Gasteiger partial charge in [-0.05, 0) is 18.2 Å². The third-order valence-electron chi connectivity index (χ3n) is 3.85. The first-order valence-electron chi connectivity index (χ1n) is 7.20. The molecule has 0 bridgehead atoms. The number of fused-ring (bicyclic) bond motifs is 1. The molecule has 7 heteroatoms. The number of nitrogens with one attached hydrogen (secondary N) is 1. The summed E-state index contributed by atoms with van der Waals surface area (Å²) in [7, 11) is 1.57. The average Bonchev–Trinajstić information content (AvgIpc) is 3.03. The molecule has 0 atom stereocenters. The van der Waals surface area contributed by atoms with Crippen LogP contribution in [0.15, 0.2) is 30.5 Å². The number of nitriles is 1. The number of hydrogen-bond donors (Lipinski definition) is 1. The first-order chi connectivity index (χ1) is 11.1. The van der Waals surface area contributed by atoms with Gasteiger partial charge in [0.1, 0.15) is 11.5 Å². The molecular formula is C16H15N5O2. The number of rotatable bonds is 2. The minimum absolute atomic E-state index is 0.141. The van der Waals surface area contributed by atoms with Gasteiger partial charge in [-0.3, -0.25) is 9.59 Å². The lowest BCUT2D eigenvalue weighted by Crippen LogP contribution is -2.39. The van der Waals surface area contributed by atoms with Gasteiger partial charge in [-0.1, -0.05) is 6.07 Å². The highest BCUT2D eigenvalue weighted by molar-refractivity contribution is 5.95. The van der Waals surface area contributed by atoms with Crippen molar-refractivity contribution in [3.05, 3.63) is 53.1 Å². The average molecular weight is 309 g/mol. The Labute approximate surface area is 133 Å². The van der Waals surface area contributed by atoms with E-state index >= 15 is 0 Å². The fraction of sp³-hybridized carbons (Fsp3) is 0.250. The van der Waals surface area contributed by atoms with Crippen LogP contribution in [0.25, 0.3) is 0 Å². The molecule has 1 N–H and O–H groups in total. The van der Waals surface area contributed by atoms with E-state index in [2.05, 4.69) is 10.3 Å². The highest BCUT2D eigenvalue weighted by atomic mass is 16.2. The number of aromatic nitrogens is 2. The molecule has 1 aromatic carbocycles. The maximum Gasteiger partial charge on any atom is 0.269 e. The largest absolute Gasteiger partial charge is 0.354 e. The van der Waals surface area contributed by atoms with E-state index in [9.17, 15) is 9.59 Å². The lowest BCUT2D eigenvalue weighted by atomic mass is 10.1. The second-order valence-electron chi connectivity index (χ2n) is 5.21. The molecule has 0 spiro atoms. The van der Waals surface area contributed by atoms with Gasteiger partial charge in [0.15, 0.2) is 0 Å². The minimum Gasteiger partial charge on any atom is -0.354 e. The third kappa shape index (κ3) is 2.66. The molecule has 1 aliphatic rings. The van der Waals surface area contributed by atoms with E-state index in [0.717, 1.165) is 0 Å². The number of carbonyl (C=O) groups is 2. The lowest BCUT2D eigenvalue weighted by Gasteiger charge is -2.28. The van der Waals surface area contributed by atoms with E-state index < -0.39 is 0 Å². The first-order valence-corrected chi connectivity index (χ1v) is 7.20. The van der Waals surface area contributed by atoms with Crippen LogP contribution in [0.4, 0.5) is 0 Å². The van der Waals surface area contributed by atoms with Crippen LogP contribution < -0.4 is 5.32 Å². The Morgan fingerprint density at radius 1 is 1.35 bits per heavy atom. The molecular weight excluding hydrogens is 294 g/mol. The van der Waals surface area contributed by atoms with Crippen molar-refractivity contribution in [1.29, 1.82) is 5.26 Å². The second kappa shape index (κ2) is 5.93. The van der Waals surface area contributed by atoms with Crippen LogP contribution >= 0.6 is 0 Å². The van der Waals surface area contributed by atoms with Gasteiger partial charge in [-0.15, -0.1) is 0 Å². The van der Waals surface area contributed by atoms with E-state index in [1.54, 1.807) is 36.2 Å². The van der Waals surface area contributed by atoms with Crippen molar-refractivity contribution >= 4 is 11.8 Å². The van der Waals surface area contributed by atoms with Crippen LogP contribution in [0.3, 0.4) is 0 Å². The Bertz CT molecular complexity index is 818. The molecule has 0 saturated heterocycles. The number of carbonyl (C=O) groups excluding carboxylic acids is 2. The maximum absolute atomic E-state index is 12.6. The van der Waals surface area contributed by atoms with Crippen molar-refractivity contribution in [1.82, 2.24) is 19.8 Å². The van der Waals surface area contributed by atoms with Crippen molar-refractivity contribution in [2.24, 2.45) is 0 Å². The number of amides is 2. The SMILES string of the molecule is CNC(=O)c1cnc2n1CCN(C(=O)c1cccc(C#N)c1)C2. The summed E-state index contributed by atoms with van der Waals surface area (Å²) in [4.78, 5) is 30.3. The zero-order chi connectivity index (χ0) is 16.4. The Kier molecular flexibility index (Phi) is 3.81. The van der Waals surface area contributed by atoms with Crippen LogP contribution in [-0.2, 0) is 13.1 Å². The third-order valence-corrected chi connectivity index (χ3v) is 3.85. The van der Waals surface area contributed by atoms with Gasteiger partial charge in [-0.25, -0.2) is 4.98 Å². The maximum atomic E-state index is 12.6. The topological polar surface area (TPSA) is 91.0 Å². The summed E-state index contributed by atoms with van der Waals surface area (Å²) in [6.07, 6.45) is 1.53. The highest BCUT2D eigenvalue weighted by Gasteiger charge is 2.26.